The van der Waals surface area contributed by atoms with Gasteiger partial charge in [-0.2, -0.15) is 13.2 Å². The van der Waals surface area contributed by atoms with Crippen LogP contribution in [0.4, 0.5) is 13.2 Å². The van der Waals surface area contributed by atoms with E-state index in [1.807, 2.05) is 30.3 Å². The molecule has 0 radical (unpaired) electrons. The van der Waals surface area contributed by atoms with Crippen LogP contribution in [0.15, 0.2) is 66.9 Å². The van der Waals surface area contributed by atoms with Crippen LogP contribution in [0, 0.1) is 0 Å². The molecule has 7 heteroatoms. The summed E-state index contributed by atoms with van der Waals surface area (Å²) >= 11 is 0. The van der Waals surface area contributed by atoms with Gasteiger partial charge in [-0.1, -0.05) is 42.5 Å². The van der Waals surface area contributed by atoms with Crippen LogP contribution in [0.5, 0.6) is 0 Å². The van der Waals surface area contributed by atoms with Crippen LogP contribution in [0.3, 0.4) is 0 Å². The SMILES string of the molecule is OC[C@@H](Cc1ccccc1)NCc1ccnc(-c2ccc(C(F)(F)F)cc2)n1. The van der Waals surface area contributed by atoms with E-state index in [4.69, 9.17) is 0 Å². The normalized spacial score (nSPS) is 12.7. The Morgan fingerprint density at radius 3 is 2.32 bits per heavy atom. The quantitative estimate of drug-likeness (QED) is 0.647. The van der Waals surface area contributed by atoms with E-state index in [1.54, 1.807) is 12.3 Å². The number of aromatic nitrogens is 2. The highest BCUT2D eigenvalue weighted by Crippen LogP contribution is 2.30. The van der Waals surface area contributed by atoms with Crippen molar-refractivity contribution in [2.24, 2.45) is 0 Å². The Labute approximate surface area is 161 Å². The lowest BCUT2D eigenvalue weighted by atomic mass is 10.1. The lowest BCUT2D eigenvalue weighted by Gasteiger charge is -2.16. The van der Waals surface area contributed by atoms with Crippen molar-refractivity contribution in [3.63, 3.8) is 0 Å². The summed E-state index contributed by atoms with van der Waals surface area (Å²) < 4.78 is 38.1. The topological polar surface area (TPSA) is 58.0 Å². The van der Waals surface area contributed by atoms with Crippen molar-refractivity contribution < 1.29 is 18.3 Å². The van der Waals surface area contributed by atoms with Gasteiger partial charge in [-0.15, -0.1) is 0 Å². The smallest absolute Gasteiger partial charge is 0.395 e. The van der Waals surface area contributed by atoms with E-state index in [2.05, 4.69) is 15.3 Å². The molecule has 0 saturated heterocycles. The van der Waals surface area contributed by atoms with Gasteiger partial charge in [-0.3, -0.25) is 0 Å². The summed E-state index contributed by atoms with van der Waals surface area (Å²) in [6, 6.07) is 16.2. The lowest BCUT2D eigenvalue weighted by Crippen LogP contribution is -2.34. The van der Waals surface area contributed by atoms with E-state index in [9.17, 15) is 18.3 Å². The van der Waals surface area contributed by atoms with Crippen LogP contribution in [0.25, 0.3) is 11.4 Å². The van der Waals surface area contributed by atoms with Gasteiger partial charge in [-0.25, -0.2) is 9.97 Å². The maximum absolute atomic E-state index is 12.7. The highest BCUT2D eigenvalue weighted by Gasteiger charge is 2.30. The first kappa shape index (κ1) is 20.0. The van der Waals surface area contributed by atoms with Gasteiger partial charge in [0.05, 0.1) is 17.9 Å². The fraction of sp³-hybridized carbons (Fsp3) is 0.238. The number of aliphatic hydroxyl groups excluding tert-OH is 1. The molecule has 1 heterocycles. The minimum absolute atomic E-state index is 0.0221. The van der Waals surface area contributed by atoms with Gasteiger partial charge in [0.2, 0.25) is 0 Å². The molecule has 0 aliphatic carbocycles. The van der Waals surface area contributed by atoms with E-state index in [-0.39, 0.29) is 12.6 Å². The molecule has 0 fully saturated rings. The molecule has 28 heavy (non-hydrogen) atoms. The second-order valence-corrected chi connectivity index (χ2v) is 6.40. The van der Waals surface area contributed by atoms with Crippen molar-refractivity contribution in [3.8, 4) is 11.4 Å². The number of halogens is 3. The molecule has 0 aliphatic rings. The highest BCUT2D eigenvalue weighted by atomic mass is 19.4. The molecule has 0 saturated carbocycles. The maximum Gasteiger partial charge on any atom is 0.416 e. The average Bonchev–Trinajstić information content (AvgIpc) is 2.71. The number of hydrogen-bond donors (Lipinski definition) is 2. The van der Waals surface area contributed by atoms with E-state index in [0.29, 0.717) is 30.0 Å². The fourth-order valence-corrected chi connectivity index (χ4v) is 2.79. The molecule has 146 valence electrons. The first-order valence-corrected chi connectivity index (χ1v) is 8.83. The number of hydrogen-bond acceptors (Lipinski definition) is 4. The number of nitrogens with one attached hydrogen (secondary N) is 1. The zero-order valence-electron chi connectivity index (χ0n) is 15.0. The predicted molar refractivity (Wildman–Crippen MR) is 100 cm³/mol. The van der Waals surface area contributed by atoms with E-state index in [1.165, 1.54) is 12.1 Å². The number of alkyl halides is 3. The Morgan fingerprint density at radius 1 is 0.964 bits per heavy atom. The predicted octanol–water partition coefficient (Wildman–Crippen LogP) is 3.86. The molecule has 3 rings (SSSR count). The standard InChI is InChI=1S/C21H20F3N3O/c22-21(23,24)17-8-6-16(7-9-17)20-25-11-10-18(27-20)13-26-19(14-28)12-15-4-2-1-3-5-15/h1-11,19,26,28H,12-14H2/t19-/m1/s1. The summed E-state index contributed by atoms with van der Waals surface area (Å²) in [5.74, 6) is 0.358. The van der Waals surface area contributed by atoms with E-state index in [0.717, 1.165) is 17.7 Å². The molecule has 3 aromatic rings. The average molecular weight is 387 g/mol. The summed E-state index contributed by atoms with van der Waals surface area (Å²) in [6.07, 6.45) is -2.13. The Bertz CT molecular complexity index is 883. The number of aliphatic hydroxyl groups is 1. The molecular formula is C21H20F3N3O. The monoisotopic (exact) mass is 387 g/mol. The number of nitrogens with zero attached hydrogens (tertiary/aromatic N) is 2. The zero-order chi connectivity index (χ0) is 20.0. The molecule has 2 aromatic carbocycles. The molecule has 0 bridgehead atoms. The molecule has 0 amide bonds. The van der Waals surface area contributed by atoms with Crippen LogP contribution >= 0.6 is 0 Å². The van der Waals surface area contributed by atoms with E-state index < -0.39 is 11.7 Å². The fourth-order valence-electron chi connectivity index (χ4n) is 2.79. The first-order valence-electron chi connectivity index (χ1n) is 8.83. The minimum Gasteiger partial charge on any atom is -0.395 e. The number of rotatable bonds is 7. The third-order valence-corrected chi connectivity index (χ3v) is 4.30. The van der Waals surface area contributed by atoms with Crippen molar-refractivity contribution in [1.82, 2.24) is 15.3 Å². The Hall–Kier alpha value is -2.77. The molecule has 1 aromatic heterocycles. The first-order chi connectivity index (χ1) is 13.5. The lowest BCUT2D eigenvalue weighted by molar-refractivity contribution is -0.137. The molecular weight excluding hydrogens is 367 g/mol. The van der Waals surface area contributed by atoms with Crippen molar-refractivity contribution in [3.05, 3.63) is 83.7 Å². The molecule has 1 atom stereocenters. The number of benzene rings is 2. The van der Waals surface area contributed by atoms with Crippen molar-refractivity contribution in [2.75, 3.05) is 6.61 Å². The van der Waals surface area contributed by atoms with E-state index >= 15 is 0 Å². The van der Waals surface area contributed by atoms with Gasteiger partial charge >= 0.3 is 6.18 Å². The van der Waals surface area contributed by atoms with Crippen LogP contribution in [-0.4, -0.2) is 27.7 Å². The highest BCUT2D eigenvalue weighted by molar-refractivity contribution is 5.55. The molecule has 4 nitrogen and oxygen atoms in total. The van der Waals surface area contributed by atoms with Crippen LogP contribution in [0.1, 0.15) is 16.8 Å². The van der Waals surface area contributed by atoms with Crippen LogP contribution < -0.4 is 5.32 Å². The molecule has 0 spiro atoms. The Morgan fingerprint density at radius 2 is 1.68 bits per heavy atom. The van der Waals surface area contributed by atoms with Gasteiger partial charge < -0.3 is 10.4 Å². The Balaban J connectivity index is 1.66. The van der Waals surface area contributed by atoms with Gasteiger partial charge in [-0.05, 0) is 30.2 Å². The summed E-state index contributed by atoms with van der Waals surface area (Å²) in [5, 5.41) is 12.9. The van der Waals surface area contributed by atoms with Crippen molar-refractivity contribution in [2.45, 2.75) is 25.2 Å². The summed E-state index contributed by atoms with van der Waals surface area (Å²) in [6.45, 7) is 0.389. The van der Waals surface area contributed by atoms with Gasteiger partial charge in [0.1, 0.15) is 0 Å². The van der Waals surface area contributed by atoms with Crippen LogP contribution in [-0.2, 0) is 19.1 Å². The summed E-state index contributed by atoms with van der Waals surface area (Å²) in [7, 11) is 0. The van der Waals surface area contributed by atoms with Crippen LogP contribution in [0.2, 0.25) is 0 Å². The third kappa shape index (κ3) is 5.37. The minimum atomic E-state index is -4.37. The van der Waals surface area contributed by atoms with Gasteiger partial charge in [0, 0.05) is 24.3 Å². The molecule has 2 N–H and O–H groups in total. The second-order valence-electron chi connectivity index (χ2n) is 6.40. The Kier molecular flexibility index (Phi) is 6.38. The second kappa shape index (κ2) is 8.95. The third-order valence-electron chi connectivity index (χ3n) is 4.30. The summed E-state index contributed by atoms with van der Waals surface area (Å²) in [4.78, 5) is 8.56. The van der Waals surface area contributed by atoms with Gasteiger partial charge in [0.25, 0.3) is 0 Å². The summed E-state index contributed by atoms with van der Waals surface area (Å²) in [5.41, 5.74) is 1.61. The van der Waals surface area contributed by atoms with Crippen molar-refractivity contribution >= 4 is 0 Å². The van der Waals surface area contributed by atoms with Gasteiger partial charge in [0.15, 0.2) is 5.82 Å². The molecule has 0 aliphatic heterocycles. The van der Waals surface area contributed by atoms with Crippen molar-refractivity contribution in [1.29, 1.82) is 0 Å². The maximum atomic E-state index is 12.7. The zero-order valence-corrected chi connectivity index (χ0v) is 15.0. The largest absolute Gasteiger partial charge is 0.416 e. The molecule has 0 unspecified atom stereocenters.